The van der Waals surface area contributed by atoms with E-state index >= 15 is 0 Å². The molecule has 7 amide bonds. The maximum Gasteiger partial charge on any atom is 0.252 e. The quantitative estimate of drug-likeness (QED) is 0.0125. The van der Waals surface area contributed by atoms with Crippen LogP contribution in [0, 0.1) is 0 Å². The maximum atomic E-state index is 14.5. The van der Waals surface area contributed by atoms with Crippen LogP contribution in [0.1, 0.15) is 72.1 Å². The Morgan fingerprint density at radius 3 is 1.07 bits per heavy atom. The van der Waals surface area contributed by atoms with Crippen LogP contribution in [-0.2, 0) is 61.9 Å². The molecule has 4 aliphatic heterocycles. The van der Waals surface area contributed by atoms with Crippen molar-refractivity contribution in [2.45, 2.75) is 186 Å². The molecule has 100 heavy (non-hydrogen) atoms. The second kappa shape index (κ2) is 43.6. The molecule has 0 radical (unpaired) electrons. The van der Waals surface area contributed by atoms with Gasteiger partial charge in [-0.25, -0.2) is 0 Å². The molecule has 4 heterocycles. The van der Waals surface area contributed by atoms with E-state index in [1.165, 1.54) is 0 Å². The third kappa shape index (κ3) is 25.9. The summed E-state index contributed by atoms with van der Waals surface area (Å²) in [7, 11) is 0. The number of aliphatic hydroxyl groups is 16. The van der Waals surface area contributed by atoms with Crippen LogP contribution in [0.25, 0.3) is 10.4 Å². The molecule has 10 unspecified atom stereocenters. The summed E-state index contributed by atoms with van der Waals surface area (Å²) >= 11 is 0. The van der Waals surface area contributed by atoms with Gasteiger partial charge >= 0.3 is 0 Å². The Morgan fingerprint density at radius 2 is 0.740 bits per heavy atom. The van der Waals surface area contributed by atoms with Crippen LogP contribution >= 0.6 is 0 Å². The molecule has 568 valence electrons. The van der Waals surface area contributed by atoms with Crippen molar-refractivity contribution in [3.63, 3.8) is 0 Å². The minimum atomic E-state index is -1.81. The standard InChI is InChI=1S/C58H94N10O32/c59-68-65-9-3-1-2-4-36(73)60-10-15-92-29-21-27(51(88)66-30(53(90)63-13-18-95-57-49(86)45(82)41(78)34(25-71)99-57)5-7-37(74)61-11-16-93-55-47(84)43(80)39(76)32(23-69)97-55)20-28(22-29)52(89)67-31(54(91)64-14-19-96-58-50(87)46(83)42(79)35(26-72)100-58)6-8-38(75)62-12-17-94-56-48(85)44(81)40(77)33(24-70)98-56/h20-22,30-35,39-50,55-58,69-72,76-87H,1-19,23-26H2,(H,60,73)(H,61,74)(H,62,75)(H,63,90)(H,64,91)(H,66,88)(H,67,89)/t30?,31?,32?,33?,34?,35?,39-,40-,41-,42-,43+,44+,45+,46+,47?,48?,49?,50?,55-,56-,57-,58-/m1/s1. The van der Waals surface area contributed by atoms with Crippen molar-refractivity contribution >= 4 is 41.4 Å². The number of ether oxygens (including phenoxy) is 9. The third-order valence-electron chi connectivity index (χ3n) is 16.1. The lowest BCUT2D eigenvalue weighted by Gasteiger charge is -2.39. The van der Waals surface area contributed by atoms with E-state index in [1.54, 1.807) is 0 Å². The third-order valence-corrected chi connectivity index (χ3v) is 16.1. The highest BCUT2D eigenvalue weighted by Gasteiger charge is 2.47. The average Bonchev–Trinajstić information content (AvgIpc) is 0.847. The van der Waals surface area contributed by atoms with Gasteiger partial charge in [-0.2, -0.15) is 0 Å². The first kappa shape index (κ1) is 84.3. The fourth-order valence-electron chi connectivity index (χ4n) is 10.3. The highest BCUT2D eigenvalue weighted by Crippen LogP contribution is 2.26. The lowest BCUT2D eigenvalue weighted by Crippen LogP contribution is -2.59. The van der Waals surface area contributed by atoms with Gasteiger partial charge in [0, 0.05) is 68.0 Å². The largest absolute Gasteiger partial charge is 0.492 e. The molecule has 23 N–H and O–H groups in total. The van der Waals surface area contributed by atoms with Gasteiger partial charge in [-0.1, -0.05) is 11.5 Å². The molecule has 4 aliphatic rings. The fraction of sp³-hybridized carbons (Fsp3) is 0.776. The second-order valence-electron chi connectivity index (χ2n) is 23.4. The van der Waals surface area contributed by atoms with Crippen LogP contribution < -0.4 is 42.0 Å². The van der Waals surface area contributed by atoms with Crippen LogP contribution in [0.4, 0.5) is 0 Å². The Hall–Kier alpha value is -6.34. The molecule has 42 nitrogen and oxygen atoms in total. The summed E-state index contributed by atoms with van der Waals surface area (Å²) in [6.07, 6.45) is -32.8. The van der Waals surface area contributed by atoms with Crippen molar-refractivity contribution in [1.29, 1.82) is 0 Å². The molecule has 0 saturated carbocycles. The smallest absolute Gasteiger partial charge is 0.252 e. The molecule has 0 aliphatic carbocycles. The summed E-state index contributed by atoms with van der Waals surface area (Å²) in [6.45, 7) is -6.15. The van der Waals surface area contributed by atoms with Gasteiger partial charge in [0.25, 0.3) is 11.8 Å². The van der Waals surface area contributed by atoms with Gasteiger partial charge in [0.1, 0.15) is 122 Å². The van der Waals surface area contributed by atoms with Crippen molar-refractivity contribution in [2.24, 2.45) is 5.11 Å². The van der Waals surface area contributed by atoms with Gasteiger partial charge in [0.2, 0.25) is 29.5 Å². The van der Waals surface area contributed by atoms with Crippen LogP contribution in [0.15, 0.2) is 23.3 Å². The molecule has 22 atom stereocenters. The van der Waals surface area contributed by atoms with E-state index in [0.717, 1.165) is 18.2 Å². The minimum absolute atomic E-state index is 0.0967. The van der Waals surface area contributed by atoms with Crippen LogP contribution in [-0.4, -0.2) is 357 Å². The first-order valence-corrected chi connectivity index (χ1v) is 32.2. The lowest BCUT2D eigenvalue weighted by molar-refractivity contribution is -0.300. The number of benzene rings is 1. The van der Waals surface area contributed by atoms with Crippen molar-refractivity contribution < 1.29 is 158 Å². The zero-order chi connectivity index (χ0) is 73.6. The summed E-state index contributed by atoms with van der Waals surface area (Å²) in [4.78, 5) is 98.9. The Morgan fingerprint density at radius 1 is 0.420 bits per heavy atom. The van der Waals surface area contributed by atoms with Crippen molar-refractivity contribution in [3.05, 3.63) is 39.8 Å². The lowest BCUT2D eigenvalue weighted by atomic mass is 9.99. The summed E-state index contributed by atoms with van der Waals surface area (Å²) in [5, 5.41) is 182. The number of aliphatic hydroxyl groups excluding tert-OH is 16. The predicted molar refractivity (Wildman–Crippen MR) is 329 cm³/mol. The number of amides is 7. The molecular weight excluding hydrogens is 1350 g/mol. The molecule has 0 bridgehead atoms. The second-order valence-corrected chi connectivity index (χ2v) is 23.4. The summed E-state index contributed by atoms with van der Waals surface area (Å²) in [5.41, 5.74) is 7.71. The van der Waals surface area contributed by atoms with Gasteiger partial charge in [0.15, 0.2) is 25.2 Å². The number of unbranched alkanes of at least 4 members (excludes halogenated alkanes) is 2. The van der Waals surface area contributed by atoms with Crippen LogP contribution in [0.2, 0.25) is 0 Å². The molecule has 0 spiro atoms. The van der Waals surface area contributed by atoms with Crippen molar-refractivity contribution in [2.75, 3.05) is 98.7 Å². The van der Waals surface area contributed by atoms with E-state index in [2.05, 4.69) is 47.2 Å². The molecule has 5 rings (SSSR count). The zero-order valence-electron chi connectivity index (χ0n) is 54.2. The normalized spacial score (nSPS) is 30.3. The molecule has 4 fully saturated rings. The topological polar surface area (TPSA) is 659 Å². The van der Waals surface area contributed by atoms with Crippen molar-refractivity contribution in [1.82, 2.24) is 37.2 Å². The molecule has 0 aromatic heterocycles. The summed E-state index contributed by atoms with van der Waals surface area (Å²) in [6, 6.07) is 0.0196. The van der Waals surface area contributed by atoms with E-state index in [4.69, 9.17) is 48.2 Å². The van der Waals surface area contributed by atoms with Gasteiger partial charge in [-0.05, 0) is 49.4 Å². The highest BCUT2D eigenvalue weighted by atomic mass is 16.7. The number of carbonyl (C=O) groups is 7. The van der Waals surface area contributed by atoms with E-state index in [0.29, 0.717) is 19.3 Å². The van der Waals surface area contributed by atoms with Gasteiger partial charge in [0.05, 0.1) is 59.4 Å². The Bertz CT molecular complexity index is 2610. The van der Waals surface area contributed by atoms with Crippen molar-refractivity contribution in [3.8, 4) is 5.75 Å². The SMILES string of the molecule is [N-]=[N+]=NCCCCCC(=O)NCCOc1cc(C(=O)NC(CCC(=O)NCCO[C@@H]2OC(CO)[C@@H](O)[C@H](O)C2O)C(=O)NCCO[C@@H]2OC(CO)[C@@H](O)[C@H](O)C2O)cc(C(=O)NC(CCC(=O)NCCO[C@@H]2OC(CO)[C@@H](O)[C@H](O)C2O)C(=O)NCCO[C@@H]2OC(CO)[C@@H](O)[C@H](O)C2O)c1. The molecule has 4 saturated heterocycles. The predicted octanol–water partition coefficient (Wildman–Crippen LogP) is -11.5. The summed E-state index contributed by atoms with van der Waals surface area (Å²) in [5.74, 6) is -6.17. The van der Waals surface area contributed by atoms with E-state index in [9.17, 15) is 115 Å². The number of nitrogens with zero attached hydrogens (tertiary/aromatic N) is 3. The Kier molecular flexibility index (Phi) is 36.7. The van der Waals surface area contributed by atoms with Gasteiger partial charge < -0.3 is 162 Å². The zero-order valence-corrected chi connectivity index (χ0v) is 54.2. The van der Waals surface area contributed by atoms with E-state index < -0.39 is 260 Å². The monoisotopic (exact) mass is 1440 g/mol. The number of rotatable bonds is 42. The first-order valence-electron chi connectivity index (χ1n) is 32.2. The van der Waals surface area contributed by atoms with Gasteiger partial charge in [-0.15, -0.1) is 0 Å². The van der Waals surface area contributed by atoms with E-state index in [-0.39, 0.29) is 64.1 Å². The number of nitrogens with one attached hydrogen (secondary N) is 7. The number of hydrogen-bond donors (Lipinski definition) is 23. The van der Waals surface area contributed by atoms with Crippen LogP contribution in [0.5, 0.6) is 5.75 Å². The number of azide groups is 1. The molecular formula is C58H94N10O32. The Labute approximate surface area is 570 Å². The summed E-state index contributed by atoms with van der Waals surface area (Å²) < 4.78 is 48.9. The van der Waals surface area contributed by atoms with Crippen LogP contribution in [0.3, 0.4) is 0 Å². The average molecular weight is 1440 g/mol. The number of carbonyl (C=O) groups excluding carboxylic acids is 7. The Balaban J connectivity index is 1.36. The number of hydrogen-bond acceptors (Lipinski definition) is 33. The molecule has 1 aromatic rings. The minimum Gasteiger partial charge on any atom is -0.492 e. The highest BCUT2D eigenvalue weighted by molar-refractivity contribution is 6.03. The van der Waals surface area contributed by atoms with Gasteiger partial charge in [-0.3, -0.25) is 33.6 Å². The molecule has 1 aromatic carbocycles. The first-order chi connectivity index (χ1) is 47.8. The van der Waals surface area contributed by atoms with E-state index in [1.807, 2.05) is 0 Å². The molecule has 42 heteroatoms. The fourth-order valence-corrected chi connectivity index (χ4v) is 10.3. The maximum absolute atomic E-state index is 14.5.